The van der Waals surface area contributed by atoms with Gasteiger partial charge in [0.05, 0.1) is 11.1 Å². The number of aryl methyl sites for hydroxylation is 1. The van der Waals surface area contributed by atoms with E-state index in [1.165, 1.54) is 117 Å². The summed E-state index contributed by atoms with van der Waals surface area (Å²) < 4.78 is 0. The molecule has 7 aromatic carbocycles. The predicted molar refractivity (Wildman–Crippen MR) is 261 cm³/mol. The Kier molecular flexibility index (Phi) is 8.90. The summed E-state index contributed by atoms with van der Waals surface area (Å²) in [5.41, 5.74) is 27.4. The van der Waals surface area contributed by atoms with E-state index in [-0.39, 0.29) is 10.8 Å². The molecule has 4 aliphatic rings. The number of benzene rings is 7. The van der Waals surface area contributed by atoms with Gasteiger partial charge in [-0.25, -0.2) is 0 Å². The zero-order valence-electron chi connectivity index (χ0n) is 37.6. The molecule has 1 spiro atoms. The first kappa shape index (κ1) is 39.0. The Hall–Kier alpha value is -6.18. The number of hydrogen-bond donors (Lipinski definition) is 0. The second kappa shape index (κ2) is 13.9. The molecule has 61 heavy (non-hydrogen) atoms. The minimum absolute atomic E-state index is 0.136. The highest BCUT2D eigenvalue weighted by Crippen LogP contribution is 2.66. The molecule has 0 heterocycles. The molecular weight excluding hydrogens is 735 g/mol. The van der Waals surface area contributed by atoms with E-state index in [9.17, 15) is 0 Å². The summed E-state index contributed by atoms with van der Waals surface area (Å²) in [5.74, 6) is 0. The maximum atomic E-state index is 2.62. The van der Waals surface area contributed by atoms with Crippen molar-refractivity contribution in [3.8, 4) is 33.4 Å². The van der Waals surface area contributed by atoms with Gasteiger partial charge in [0.25, 0.3) is 0 Å². The quantitative estimate of drug-likeness (QED) is 0.168. The predicted octanol–water partition coefficient (Wildman–Crippen LogP) is 16.6. The molecule has 11 rings (SSSR count). The minimum Gasteiger partial charge on any atom is -0.310 e. The molecule has 302 valence electrons. The van der Waals surface area contributed by atoms with Crippen molar-refractivity contribution in [2.24, 2.45) is 0 Å². The molecule has 1 nitrogen and oxygen atoms in total. The average Bonchev–Trinajstić information content (AvgIpc) is 3.89. The second-order valence-electron chi connectivity index (χ2n) is 18.6. The molecule has 0 amide bonds. The van der Waals surface area contributed by atoms with Gasteiger partial charge in [0.15, 0.2) is 0 Å². The van der Waals surface area contributed by atoms with Gasteiger partial charge in [-0.1, -0.05) is 181 Å². The van der Waals surface area contributed by atoms with Crippen molar-refractivity contribution in [2.75, 3.05) is 4.90 Å². The number of allylic oxidation sites excluding steroid dienone is 4. The number of fused-ring (bicyclic) bond motifs is 13. The van der Waals surface area contributed by atoms with E-state index in [1.54, 1.807) is 0 Å². The topological polar surface area (TPSA) is 3.24 Å². The van der Waals surface area contributed by atoms with Gasteiger partial charge in [0.1, 0.15) is 0 Å². The van der Waals surface area contributed by atoms with Gasteiger partial charge in [0.2, 0.25) is 0 Å². The lowest BCUT2D eigenvalue weighted by Crippen LogP contribution is -2.29. The Labute approximate surface area is 364 Å². The third-order valence-electron chi connectivity index (χ3n) is 14.4. The van der Waals surface area contributed by atoms with E-state index >= 15 is 0 Å². The molecule has 0 fully saturated rings. The van der Waals surface area contributed by atoms with Crippen LogP contribution in [0.3, 0.4) is 0 Å². The Bertz CT molecular complexity index is 2910. The van der Waals surface area contributed by atoms with Gasteiger partial charge in [-0.2, -0.15) is 0 Å². The maximum Gasteiger partial charge on any atom is 0.0742 e. The molecule has 0 aromatic heterocycles. The monoisotopic (exact) mass is 791 g/mol. The summed E-state index contributed by atoms with van der Waals surface area (Å²) >= 11 is 0. The summed E-state index contributed by atoms with van der Waals surface area (Å²) in [7, 11) is 0. The van der Waals surface area contributed by atoms with E-state index in [2.05, 4.69) is 212 Å². The lowest BCUT2D eigenvalue weighted by Gasteiger charge is -2.37. The normalized spacial score (nSPS) is 17.3. The van der Waals surface area contributed by atoms with Gasteiger partial charge in [-0.15, -0.1) is 0 Å². The van der Waals surface area contributed by atoms with Gasteiger partial charge in [0, 0.05) is 27.8 Å². The number of nitrogens with zero attached hydrogens (tertiary/aromatic N) is 1. The molecule has 0 aliphatic heterocycles. The molecule has 1 atom stereocenters. The van der Waals surface area contributed by atoms with Crippen LogP contribution in [-0.4, -0.2) is 0 Å². The Balaban J connectivity index is 0.00000220. The summed E-state index contributed by atoms with van der Waals surface area (Å²) in [6.07, 6.45) is 3.46. The third-order valence-corrected chi connectivity index (χ3v) is 14.4. The lowest BCUT2D eigenvalue weighted by molar-refractivity contribution is 0.660. The molecule has 0 bridgehead atoms. The number of hydrogen-bond acceptors (Lipinski definition) is 1. The molecular formula is C60H57N. The molecule has 1 heteroatoms. The lowest BCUT2D eigenvalue weighted by atomic mass is 9.68. The average molecular weight is 792 g/mol. The summed E-state index contributed by atoms with van der Waals surface area (Å²) in [6, 6.07) is 56.1. The molecule has 7 aromatic rings. The fraction of sp³-hybridized carbons (Fsp3) is 0.233. The van der Waals surface area contributed by atoms with Crippen LogP contribution in [0.25, 0.3) is 39.0 Å². The van der Waals surface area contributed by atoms with E-state index in [0.29, 0.717) is 0 Å². The molecule has 0 saturated carbocycles. The molecule has 0 saturated heterocycles. The van der Waals surface area contributed by atoms with Crippen molar-refractivity contribution < 1.29 is 0 Å². The standard InChI is InChI=1S/C58H51N.C2H6/c1-9-39-43-28-25-36(4)32-53(43)58(52(39)31-35(2)3)49-23-15-12-19-42(49)46-20-16-24-54(55(46)58)59(37-26-29-44-40-17-10-13-21-47(40)56(5,6)50(44)33-37)38-27-30-45-41-18-11-14-22-48(41)57(7,8)51(45)34-38;1-2/h10-34H,9H2,1-8H3;1-2H3. The van der Waals surface area contributed by atoms with Crippen LogP contribution in [0.4, 0.5) is 17.1 Å². The van der Waals surface area contributed by atoms with Crippen molar-refractivity contribution in [3.63, 3.8) is 0 Å². The van der Waals surface area contributed by atoms with Crippen LogP contribution in [0, 0.1) is 6.92 Å². The first-order valence-electron chi connectivity index (χ1n) is 22.5. The highest BCUT2D eigenvalue weighted by Gasteiger charge is 2.54. The van der Waals surface area contributed by atoms with Crippen LogP contribution >= 0.6 is 0 Å². The largest absolute Gasteiger partial charge is 0.310 e. The first-order valence-corrected chi connectivity index (χ1v) is 22.5. The number of rotatable bonds is 5. The summed E-state index contributed by atoms with van der Waals surface area (Å²) in [4.78, 5) is 2.62. The first-order chi connectivity index (χ1) is 29.5. The maximum absolute atomic E-state index is 2.62. The van der Waals surface area contributed by atoms with Crippen LogP contribution in [0.2, 0.25) is 0 Å². The minimum atomic E-state index is -0.497. The Morgan fingerprint density at radius 3 is 1.51 bits per heavy atom. The van der Waals surface area contributed by atoms with E-state index in [4.69, 9.17) is 0 Å². The molecule has 4 aliphatic carbocycles. The van der Waals surface area contributed by atoms with E-state index < -0.39 is 5.41 Å². The smallest absolute Gasteiger partial charge is 0.0742 e. The van der Waals surface area contributed by atoms with Crippen LogP contribution in [-0.2, 0) is 16.2 Å². The van der Waals surface area contributed by atoms with Crippen molar-refractivity contribution in [1.82, 2.24) is 0 Å². The summed E-state index contributed by atoms with van der Waals surface area (Å²) in [6.45, 7) is 22.7. The fourth-order valence-corrected chi connectivity index (χ4v) is 11.8. The highest BCUT2D eigenvalue weighted by atomic mass is 15.1. The number of anilines is 3. The SMILES string of the molecule is CC.CCC1=C(C=C(C)C)C2(c3cc(C)ccc31)c1ccccc1-c1cccc(N(c3ccc4c(c3)C(C)(C)c3ccccc3-4)c3ccc4c(c3)C(C)(C)c3ccccc3-4)c12. The third kappa shape index (κ3) is 5.26. The van der Waals surface area contributed by atoms with Gasteiger partial charge >= 0.3 is 0 Å². The van der Waals surface area contributed by atoms with Gasteiger partial charge in [-0.05, 0) is 141 Å². The van der Waals surface area contributed by atoms with Crippen LogP contribution < -0.4 is 4.90 Å². The summed E-state index contributed by atoms with van der Waals surface area (Å²) in [5, 5.41) is 0. The van der Waals surface area contributed by atoms with E-state index in [1.807, 2.05) is 13.8 Å². The van der Waals surface area contributed by atoms with Crippen LogP contribution in [0.1, 0.15) is 119 Å². The van der Waals surface area contributed by atoms with Crippen LogP contribution in [0.15, 0.2) is 163 Å². The Morgan fingerprint density at radius 1 is 0.492 bits per heavy atom. The molecule has 1 unspecified atom stereocenters. The Morgan fingerprint density at radius 2 is 0.967 bits per heavy atom. The van der Waals surface area contributed by atoms with Crippen molar-refractivity contribution in [2.45, 2.75) is 91.9 Å². The van der Waals surface area contributed by atoms with Gasteiger partial charge < -0.3 is 4.90 Å². The second-order valence-corrected chi connectivity index (χ2v) is 18.6. The molecule has 0 radical (unpaired) electrons. The van der Waals surface area contributed by atoms with Crippen LogP contribution in [0.5, 0.6) is 0 Å². The molecule has 0 N–H and O–H groups in total. The zero-order chi connectivity index (χ0) is 42.6. The van der Waals surface area contributed by atoms with Crippen molar-refractivity contribution in [3.05, 3.63) is 213 Å². The zero-order valence-corrected chi connectivity index (χ0v) is 37.6. The highest BCUT2D eigenvalue weighted by molar-refractivity contribution is 6.01. The fourth-order valence-electron chi connectivity index (χ4n) is 11.8. The van der Waals surface area contributed by atoms with Gasteiger partial charge in [-0.3, -0.25) is 0 Å². The van der Waals surface area contributed by atoms with Crippen molar-refractivity contribution in [1.29, 1.82) is 0 Å². The van der Waals surface area contributed by atoms with Crippen molar-refractivity contribution >= 4 is 22.6 Å². The van der Waals surface area contributed by atoms with E-state index in [0.717, 1.165) is 6.42 Å².